The van der Waals surface area contributed by atoms with Crippen molar-refractivity contribution in [3.63, 3.8) is 0 Å². The number of carbonyl (C=O) groups is 1. The van der Waals surface area contributed by atoms with E-state index in [2.05, 4.69) is 11.6 Å². The van der Waals surface area contributed by atoms with Crippen LogP contribution in [0.3, 0.4) is 0 Å². The second-order valence-corrected chi connectivity index (χ2v) is 6.33. The van der Waals surface area contributed by atoms with E-state index in [1.54, 1.807) is 18.1 Å². The highest BCUT2D eigenvalue weighted by Crippen LogP contribution is 2.34. The molecular formula is C20H18N2O2S. The van der Waals surface area contributed by atoms with Gasteiger partial charge in [-0.2, -0.15) is 0 Å². The zero-order valence-electron chi connectivity index (χ0n) is 13.9. The molecule has 0 aliphatic carbocycles. The molecule has 1 aliphatic heterocycles. The van der Waals surface area contributed by atoms with Gasteiger partial charge in [0.25, 0.3) is 5.91 Å². The summed E-state index contributed by atoms with van der Waals surface area (Å²) in [4.78, 5) is 19.6. The van der Waals surface area contributed by atoms with Gasteiger partial charge in [-0.3, -0.25) is 9.69 Å². The molecule has 3 rings (SSSR count). The van der Waals surface area contributed by atoms with Gasteiger partial charge in [0.15, 0.2) is 5.17 Å². The number of methoxy groups -OCH3 is 1. The van der Waals surface area contributed by atoms with Crippen LogP contribution >= 0.6 is 11.8 Å². The van der Waals surface area contributed by atoms with Gasteiger partial charge in [0.1, 0.15) is 5.75 Å². The molecule has 0 radical (unpaired) electrons. The van der Waals surface area contributed by atoms with Crippen molar-refractivity contribution in [1.29, 1.82) is 0 Å². The molecule has 1 heterocycles. The molecule has 126 valence electrons. The minimum absolute atomic E-state index is 0.0672. The largest absolute Gasteiger partial charge is 0.497 e. The number of carbonyl (C=O) groups excluding carboxylic acids is 1. The second kappa shape index (κ2) is 7.85. The van der Waals surface area contributed by atoms with Gasteiger partial charge in [-0.15, -0.1) is 6.58 Å². The van der Waals surface area contributed by atoms with Crippen molar-refractivity contribution >= 4 is 34.6 Å². The molecule has 0 atom stereocenters. The third kappa shape index (κ3) is 4.00. The maximum absolute atomic E-state index is 12.7. The first kappa shape index (κ1) is 17.0. The van der Waals surface area contributed by atoms with Crippen LogP contribution in [-0.2, 0) is 4.79 Å². The number of ether oxygens (including phenoxy) is 1. The number of rotatable bonds is 5. The molecule has 0 saturated carbocycles. The van der Waals surface area contributed by atoms with Crippen LogP contribution in [0, 0.1) is 0 Å². The van der Waals surface area contributed by atoms with E-state index >= 15 is 0 Å². The van der Waals surface area contributed by atoms with Crippen molar-refractivity contribution in [2.24, 2.45) is 4.99 Å². The van der Waals surface area contributed by atoms with Gasteiger partial charge in [0.2, 0.25) is 0 Å². The summed E-state index contributed by atoms with van der Waals surface area (Å²) < 4.78 is 5.24. The van der Waals surface area contributed by atoms with E-state index in [0.29, 0.717) is 16.6 Å². The van der Waals surface area contributed by atoms with Crippen LogP contribution in [0.4, 0.5) is 5.69 Å². The van der Waals surface area contributed by atoms with Gasteiger partial charge >= 0.3 is 0 Å². The van der Waals surface area contributed by atoms with Crippen molar-refractivity contribution < 1.29 is 9.53 Å². The highest BCUT2D eigenvalue weighted by atomic mass is 32.2. The zero-order chi connectivity index (χ0) is 17.6. The molecule has 25 heavy (non-hydrogen) atoms. The predicted molar refractivity (Wildman–Crippen MR) is 104 cm³/mol. The Morgan fingerprint density at radius 1 is 1.20 bits per heavy atom. The number of amidine groups is 1. The zero-order valence-corrected chi connectivity index (χ0v) is 14.7. The molecular weight excluding hydrogens is 332 g/mol. The van der Waals surface area contributed by atoms with Gasteiger partial charge in [0, 0.05) is 6.54 Å². The molecule has 2 aromatic rings. The van der Waals surface area contributed by atoms with Crippen LogP contribution in [0.15, 0.2) is 77.1 Å². The van der Waals surface area contributed by atoms with Gasteiger partial charge < -0.3 is 4.74 Å². The minimum atomic E-state index is -0.0672. The highest BCUT2D eigenvalue weighted by molar-refractivity contribution is 8.18. The van der Waals surface area contributed by atoms with Gasteiger partial charge in [-0.1, -0.05) is 36.4 Å². The van der Waals surface area contributed by atoms with Crippen LogP contribution in [0.2, 0.25) is 0 Å². The van der Waals surface area contributed by atoms with E-state index in [4.69, 9.17) is 4.74 Å². The summed E-state index contributed by atoms with van der Waals surface area (Å²) in [6.07, 6.45) is 3.56. The number of hydrogen-bond acceptors (Lipinski definition) is 4. The van der Waals surface area contributed by atoms with E-state index in [9.17, 15) is 4.79 Å². The van der Waals surface area contributed by atoms with Gasteiger partial charge in [-0.25, -0.2) is 4.99 Å². The lowest BCUT2D eigenvalue weighted by molar-refractivity contribution is -0.121. The molecule has 0 aromatic heterocycles. The topological polar surface area (TPSA) is 41.9 Å². The fourth-order valence-electron chi connectivity index (χ4n) is 2.38. The van der Waals surface area contributed by atoms with Gasteiger partial charge in [-0.05, 0) is 47.7 Å². The van der Waals surface area contributed by atoms with Crippen LogP contribution in [0.25, 0.3) is 6.08 Å². The summed E-state index contributed by atoms with van der Waals surface area (Å²) in [6, 6.07) is 17.2. The van der Waals surface area contributed by atoms with E-state index in [1.807, 2.05) is 60.7 Å². The summed E-state index contributed by atoms with van der Waals surface area (Å²) in [7, 11) is 1.62. The van der Waals surface area contributed by atoms with Crippen molar-refractivity contribution in [1.82, 2.24) is 4.90 Å². The van der Waals surface area contributed by atoms with E-state index < -0.39 is 0 Å². The predicted octanol–water partition coefficient (Wildman–Crippen LogP) is 4.49. The molecule has 0 unspecified atom stereocenters. The molecule has 2 aromatic carbocycles. The van der Waals surface area contributed by atoms with Gasteiger partial charge in [0.05, 0.1) is 17.7 Å². The van der Waals surface area contributed by atoms with Crippen LogP contribution in [0.5, 0.6) is 5.75 Å². The Labute approximate surface area is 151 Å². The molecule has 1 amide bonds. The quantitative estimate of drug-likeness (QED) is 0.589. The molecule has 0 spiro atoms. The van der Waals surface area contributed by atoms with E-state index in [1.165, 1.54) is 11.8 Å². The second-order valence-electron chi connectivity index (χ2n) is 5.32. The number of aliphatic imine (C=N–C) groups is 1. The first-order valence-electron chi connectivity index (χ1n) is 7.81. The molecule has 0 N–H and O–H groups in total. The lowest BCUT2D eigenvalue weighted by atomic mass is 10.2. The summed E-state index contributed by atoms with van der Waals surface area (Å²) >= 11 is 1.37. The Morgan fingerprint density at radius 3 is 2.72 bits per heavy atom. The first-order chi connectivity index (χ1) is 12.2. The van der Waals surface area contributed by atoms with Crippen LogP contribution in [0.1, 0.15) is 5.56 Å². The number of nitrogens with zero attached hydrogens (tertiary/aromatic N) is 2. The standard InChI is InChI=1S/C20H18N2O2S/c1-3-12-22-19(23)18(14-15-8-7-11-17(13-15)24-2)25-20(22)21-16-9-5-4-6-10-16/h3-11,13-14H,1,12H2,2H3. The Morgan fingerprint density at radius 2 is 2.00 bits per heavy atom. The first-order valence-corrected chi connectivity index (χ1v) is 8.63. The number of thioether (sulfide) groups is 1. The maximum atomic E-state index is 12.7. The van der Waals surface area contributed by atoms with E-state index in [-0.39, 0.29) is 5.91 Å². The molecule has 1 aliphatic rings. The summed E-state index contributed by atoms with van der Waals surface area (Å²) in [5.74, 6) is 0.688. The number of para-hydroxylation sites is 1. The lowest BCUT2D eigenvalue weighted by Crippen LogP contribution is -2.29. The average molecular weight is 350 g/mol. The Balaban J connectivity index is 1.94. The highest BCUT2D eigenvalue weighted by Gasteiger charge is 2.32. The summed E-state index contributed by atoms with van der Waals surface area (Å²) in [5, 5.41) is 0.658. The fraction of sp³-hybridized carbons (Fsp3) is 0.100. The Kier molecular flexibility index (Phi) is 5.36. The van der Waals surface area contributed by atoms with Crippen molar-refractivity contribution in [2.75, 3.05) is 13.7 Å². The SMILES string of the molecule is C=CCN1C(=O)C(=Cc2cccc(OC)c2)SC1=Nc1ccccc1. The third-order valence-electron chi connectivity index (χ3n) is 3.57. The third-order valence-corrected chi connectivity index (χ3v) is 4.58. The van der Waals surface area contributed by atoms with Crippen LogP contribution < -0.4 is 4.74 Å². The lowest BCUT2D eigenvalue weighted by Gasteiger charge is -2.12. The molecule has 0 bridgehead atoms. The number of amides is 1. The Bertz CT molecular complexity index is 844. The maximum Gasteiger partial charge on any atom is 0.267 e. The minimum Gasteiger partial charge on any atom is -0.497 e. The van der Waals surface area contributed by atoms with E-state index in [0.717, 1.165) is 17.0 Å². The van der Waals surface area contributed by atoms with Crippen molar-refractivity contribution in [3.05, 3.63) is 77.7 Å². The average Bonchev–Trinajstić information content (AvgIpc) is 2.92. The Hall–Kier alpha value is -2.79. The normalized spacial score (nSPS) is 17.3. The summed E-state index contributed by atoms with van der Waals surface area (Å²) in [6.45, 7) is 4.16. The molecule has 4 nitrogen and oxygen atoms in total. The van der Waals surface area contributed by atoms with Crippen molar-refractivity contribution in [2.45, 2.75) is 0 Å². The molecule has 5 heteroatoms. The molecule has 1 saturated heterocycles. The smallest absolute Gasteiger partial charge is 0.267 e. The van der Waals surface area contributed by atoms with Crippen molar-refractivity contribution in [3.8, 4) is 5.75 Å². The fourth-order valence-corrected chi connectivity index (χ4v) is 3.39. The van der Waals surface area contributed by atoms with Crippen LogP contribution in [-0.4, -0.2) is 29.6 Å². The number of hydrogen-bond donors (Lipinski definition) is 0. The summed E-state index contributed by atoms with van der Waals surface area (Å²) in [5.41, 5.74) is 1.73. The monoisotopic (exact) mass is 350 g/mol. The number of benzene rings is 2. The molecule has 1 fully saturated rings.